The van der Waals surface area contributed by atoms with Gasteiger partial charge in [0.2, 0.25) is 5.91 Å². The average molecular weight is 293 g/mol. The lowest BCUT2D eigenvalue weighted by Crippen LogP contribution is -2.19. The molecule has 0 unspecified atom stereocenters. The van der Waals surface area contributed by atoms with E-state index in [1.165, 1.54) is 6.92 Å². The summed E-state index contributed by atoms with van der Waals surface area (Å²) in [6.07, 6.45) is 4.21. The Kier molecular flexibility index (Phi) is 5.66. The molecule has 0 aromatic heterocycles. The van der Waals surface area contributed by atoms with Gasteiger partial charge in [0.1, 0.15) is 0 Å². The van der Waals surface area contributed by atoms with Crippen molar-refractivity contribution in [1.82, 2.24) is 5.32 Å². The van der Waals surface area contributed by atoms with Gasteiger partial charge in [0.05, 0.1) is 0 Å². The second-order valence-electron chi connectivity index (χ2n) is 5.05. The second kappa shape index (κ2) is 7.93. The van der Waals surface area contributed by atoms with Crippen LogP contribution in [0.1, 0.15) is 28.4 Å². The van der Waals surface area contributed by atoms with Crippen molar-refractivity contribution in [2.75, 3.05) is 6.54 Å². The number of hydrogen-bond donors (Lipinski definition) is 1. The van der Waals surface area contributed by atoms with Gasteiger partial charge >= 0.3 is 0 Å². The van der Waals surface area contributed by atoms with Gasteiger partial charge in [-0.2, -0.15) is 0 Å². The van der Waals surface area contributed by atoms with Crippen LogP contribution in [-0.2, 0) is 11.2 Å². The summed E-state index contributed by atoms with van der Waals surface area (Å²) in [6, 6.07) is 17.2. The fraction of sp³-hybridized carbons (Fsp3) is 0.158. The molecule has 1 amide bonds. The molecule has 112 valence electrons. The van der Waals surface area contributed by atoms with Crippen LogP contribution < -0.4 is 5.32 Å². The van der Waals surface area contributed by atoms with E-state index < -0.39 is 0 Å². The van der Waals surface area contributed by atoms with Crippen molar-refractivity contribution in [3.63, 3.8) is 0 Å². The van der Waals surface area contributed by atoms with E-state index in [1.807, 2.05) is 66.7 Å². The summed E-state index contributed by atoms with van der Waals surface area (Å²) in [6.45, 7) is 1.99. The Bertz CT molecular complexity index is 658. The largest absolute Gasteiger partial charge is 0.353 e. The predicted octanol–water partition coefficient (Wildman–Crippen LogP) is 3.26. The number of amides is 1. The summed E-state index contributed by atoms with van der Waals surface area (Å²) in [5.41, 5.74) is 2.73. The van der Waals surface area contributed by atoms with E-state index in [0.717, 1.165) is 11.1 Å². The normalized spacial score (nSPS) is 10.6. The van der Waals surface area contributed by atoms with Gasteiger partial charge < -0.3 is 5.32 Å². The maximum Gasteiger partial charge on any atom is 0.217 e. The first-order chi connectivity index (χ1) is 10.6. The molecule has 0 aliphatic carbocycles. The lowest BCUT2D eigenvalue weighted by atomic mass is 10.0. The summed E-state index contributed by atoms with van der Waals surface area (Å²) in [5.74, 6) is 0.0616. The summed E-state index contributed by atoms with van der Waals surface area (Å²) in [7, 11) is 0. The molecular weight excluding hydrogens is 274 g/mol. The first kappa shape index (κ1) is 15.7. The topological polar surface area (TPSA) is 46.2 Å². The Morgan fingerprint density at radius 3 is 2.32 bits per heavy atom. The maximum absolute atomic E-state index is 12.2. The summed E-state index contributed by atoms with van der Waals surface area (Å²) >= 11 is 0. The molecule has 0 fully saturated rings. The highest BCUT2D eigenvalue weighted by Gasteiger charge is 2.06. The highest BCUT2D eigenvalue weighted by atomic mass is 16.1. The van der Waals surface area contributed by atoms with Gasteiger partial charge in [0.15, 0.2) is 5.78 Å². The monoisotopic (exact) mass is 293 g/mol. The highest BCUT2D eigenvalue weighted by Crippen LogP contribution is 2.10. The van der Waals surface area contributed by atoms with Crippen LogP contribution in [0.2, 0.25) is 0 Å². The van der Waals surface area contributed by atoms with Crippen molar-refractivity contribution in [3.05, 3.63) is 77.4 Å². The molecule has 2 aromatic rings. The van der Waals surface area contributed by atoms with Gasteiger partial charge in [-0.25, -0.2) is 0 Å². The van der Waals surface area contributed by atoms with Crippen molar-refractivity contribution in [2.45, 2.75) is 13.3 Å². The fourth-order valence-corrected chi connectivity index (χ4v) is 2.06. The molecule has 0 aliphatic rings. The third kappa shape index (κ3) is 5.02. The van der Waals surface area contributed by atoms with Crippen LogP contribution in [-0.4, -0.2) is 18.2 Å². The molecule has 3 heteroatoms. The van der Waals surface area contributed by atoms with Crippen molar-refractivity contribution in [1.29, 1.82) is 0 Å². The number of hydrogen-bond acceptors (Lipinski definition) is 2. The first-order valence-corrected chi connectivity index (χ1v) is 7.23. The number of carbonyl (C=O) groups is 2. The molecule has 0 heterocycles. The van der Waals surface area contributed by atoms with Gasteiger partial charge in [-0.1, -0.05) is 66.7 Å². The van der Waals surface area contributed by atoms with Gasteiger partial charge in [0, 0.05) is 25.5 Å². The van der Waals surface area contributed by atoms with E-state index in [2.05, 4.69) is 5.32 Å². The molecule has 22 heavy (non-hydrogen) atoms. The number of rotatable bonds is 6. The molecule has 2 aromatic carbocycles. The fourth-order valence-electron chi connectivity index (χ4n) is 2.06. The zero-order valence-electron chi connectivity index (χ0n) is 12.6. The van der Waals surface area contributed by atoms with E-state index in [1.54, 1.807) is 0 Å². The van der Waals surface area contributed by atoms with Crippen LogP contribution in [0.15, 0.2) is 60.7 Å². The number of carbonyl (C=O) groups excluding carboxylic acids is 2. The Labute approximate surface area is 130 Å². The second-order valence-corrected chi connectivity index (χ2v) is 5.05. The van der Waals surface area contributed by atoms with E-state index >= 15 is 0 Å². The zero-order chi connectivity index (χ0) is 15.8. The minimum Gasteiger partial charge on any atom is -0.353 e. The smallest absolute Gasteiger partial charge is 0.217 e. The van der Waals surface area contributed by atoms with Gasteiger partial charge in [-0.15, -0.1) is 0 Å². The minimum absolute atomic E-state index is 0.0495. The lowest BCUT2D eigenvalue weighted by Gasteiger charge is -2.02. The lowest BCUT2D eigenvalue weighted by molar-refractivity contribution is -0.118. The predicted molar refractivity (Wildman–Crippen MR) is 88.6 cm³/mol. The van der Waals surface area contributed by atoms with E-state index in [9.17, 15) is 9.59 Å². The van der Waals surface area contributed by atoms with Gasteiger partial charge in [-0.3, -0.25) is 9.59 Å². The summed E-state index contributed by atoms with van der Waals surface area (Å²) < 4.78 is 0. The molecule has 0 saturated carbocycles. The van der Waals surface area contributed by atoms with Crippen LogP contribution >= 0.6 is 0 Å². The van der Waals surface area contributed by atoms with Crippen molar-refractivity contribution >= 4 is 17.8 Å². The molecule has 0 aliphatic heterocycles. The van der Waals surface area contributed by atoms with Crippen LogP contribution in [0.5, 0.6) is 0 Å². The third-order valence-corrected chi connectivity index (χ3v) is 3.22. The van der Waals surface area contributed by atoms with Gasteiger partial charge in [0.25, 0.3) is 0 Å². The Morgan fingerprint density at radius 1 is 1.00 bits per heavy atom. The summed E-state index contributed by atoms with van der Waals surface area (Å²) in [4.78, 5) is 22.9. The SMILES string of the molecule is CC(=O)NC/C=C/c1ccc(C(=O)Cc2ccccc2)cc1. The molecular formula is C19H19NO2. The molecule has 0 atom stereocenters. The van der Waals surface area contributed by atoms with Gasteiger partial charge in [-0.05, 0) is 11.1 Å². The quantitative estimate of drug-likeness (QED) is 0.831. The number of nitrogens with one attached hydrogen (secondary N) is 1. The van der Waals surface area contributed by atoms with Crippen LogP contribution in [0.3, 0.4) is 0 Å². The van der Waals surface area contributed by atoms with E-state index in [-0.39, 0.29) is 11.7 Å². The molecule has 3 nitrogen and oxygen atoms in total. The molecule has 0 bridgehead atoms. The summed E-state index contributed by atoms with van der Waals surface area (Å²) in [5, 5.41) is 2.69. The molecule has 0 radical (unpaired) electrons. The molecule has 2 rings (SSSR count). The van der Waals surface area contributed by atoms with E-state index in [4.69, 9.17) is 0 Å². The Balaban J connectivity index is 1.93. The average Bonchev–Trinajstić information content (AvgIpc) is 2.53. The Hall–Kier alpha value is -2.68. The number of Topliss-reactive ketones (excluding diaryl/α,β-unsaturated/α-hetero) is 1. The van der Waals surface area contributed by atoms with Crippen molar-refractivity contribution in [3.8, 4) is 0 Å². The molecule has 0 spiro atoms. The standard InChI is InChI=1S/C19H19NO2/c1-15(21)20-13-5-8-16-9-11-18(12-10-16)19(22)14-17-6-3-2-4-7-17/h2-12H,13-14H2,1H3,(H,20,21)/b8-5+. The van der Waals surface area contributed by atoms with Crippen LogP contribution in [0.25, 0.3) is 6.08 Å². The first-order valence-electron chi connectivity index (χ1n) is 7.23. The minimum atomic E-state index is -0.0495. The molecule has 0 saturated heterocycles. The maximum atomic E-state index is 12.2. The molecule has 1 N–H and O–H groups in total. The Morgan fingerprint density at radius 2 is 1.68 bits per heavy atom. The third-order valence-electron chi connectivity index (χ3n) is 3.22. The number of ketones is 1. The number of benzene rings is 2. The van der Waals surface area contributed by atoms with Crippen LogP contribution in [0.4, 0.5) is 0 Å². The van der Waals surface area contributed by atoms with Crippen LogP contribution in [0, 0.1) is 0 Å². The zero-order valence-corrected chi connectivity index (χ0v) is 12.6. The van der Waals surface area contributed by atoms with E-state index in [0.29, 0.717) is 18.5 Å². The van der Waals surface area contributed by atoms with Crippen molar-refractivity contribution in [2.24, 2.45) is 0 Å². The highest BCUT2D eigenvalue weighted by molar-refractivity contribution is 5.97. The van der Waals surface area contributed by atoms with Crippen molar-refractivity contribution < 1.29 is 9.59 Å².